The van der Waals surface area contributed by atoms with Crippen LogP contribution in [0.5, 0.6) is 5.75 Å². The third-order valence-corrected chi connectivity index (χ3v) is 5.98. The molecule has 2 aromatic rings. The molecular weight excluding hydrogens is 366 g/mol. The first kappa shape index (κ1) is 19.2. The normalized spacial score (nSPS) is 15.5. The van der Waals surface area contributed by atoms with Gasteiger partial charge in [-0.15, -0.1) is 0 Å². The Morgan fingerprint density at radius 2 is 1.81 bits per heavy atom. The molecule has 1 amide bonds. The first-order chi connectivity index (χ1) is 12.8. The molecule has 0 radical (unpaired) electrons. The Morgan fingerprint density at radius 1 is 1.15 bits per heavy atom. The maximum Gasteiger partial charge on any atom is 0.407 e. The van der Waals surface area contributed by atoms with Gasteiger partial charge in [-0.3, -0.25) is 0 Å². The number of sulfone groups is 1. The number of ether oxygens (including phenoxy) is 1. The van der Waals surface area contributed by atoms with Crippen molar-refractivity contribution >= 4 is 15.9 Å². The molecule has 3 rings (SSSR count). The third-order valence-electron chi connectivity index (χ3n) is 4.85. The van der Waals surface area contributed by atoms with E-state index in [-0.39, 0.29) is 0 Å². The van der Waals surface area contributed by atoms with Crippen LogP contribution >= 0.6 is 0 Å². The van der Waals surface area contributed by atoms with Gasteiger partial charge in [0.05, 0.1) is 4.90 Å². The number of nitrogens with zero attached hydrogens (tertiary/aromatic N) is 1. The number of carbonyl (C=O) groups is 1. The number of amides is 1. The predicted octanol–water partition coefficient (Wildman–Crippen LogP) is 3.53. The van der Waals surface area contributed by atoms with Crippen molar-refractivity contribution in [1.82, 2.24) is 4.90 Å². The Morgan fingerprint density at radius 3 is 2.41 bits per heavy atom. The van der Waals surface area contributed by atoms with E-state index in [1.807, 2.05) is 18.2 Å². The number of likely N-dealkylation sites (tertiary alicyclic amines) is 1. The molecule has 0 unspecified atom stereocenters. The molecule has 1 heterocycles. The van der Waals surface area contributed by atoms with Crippen LogP contribution in [-0.2, 0) is 16.4 Å². The molecule has 0 spiro atoms. The number of piperidine rings is 1. The molecule has 144 valence electrons. The van der Waals surface area contributed by atoms with Crippen LogP contribution in [0.15, 0.2) is 53.4 Å². The van der Waals surface area contributed by atoms with E-state index < -0.39 is 15.9 Å². The minimum Gasteiger partial charge on any atom is -0.489 e. The van der Waals surface area contributed by atoms with Gasteiger partial charge >= 0.3 is 6.09 Å². The van der Waals surface area contributed by atoms with Crippen molar-refractivity contribution in [2.75, 3.05) is 19.3 Å². The number of carboxylic acid groups (broad SMARTS) is 1. The summed E-state index contributed by atoms with van der Waals surface area (Å²) in [4.78, 5) is 12.8. The summed E-state index contributed by atoms with van der Waals surface area (Å²) in [6.45, 7) is 1.46. The van der Waals surface area contributed by atoms with Crippen molar-refractivity contribution in [1.29, 1.82) is 0 Å². The number of hydrogen-bond acceptors (Lipinski definition) is 4. The van der Waals surface area contributed by atoms with E-state index in [2.05, 4.69) is 6.07 Å². The minimum atomic E-state index is -3.20. The second-order valence-electron chi connectivity index (χ2n) is 6.82. The molecule has 1 saturated heterocycles. The van der Waals surface area contributed by atoms with E-state index in [0.29, 0.717) is 30.5 Å². The van der Waals surface area contributed by atoms with Gasteiger partial charge in [0.2, 0.25) is 0 Å². The fraction of sp³-hybridized carbons (Fsp3) is 0.350. The fourth-order valence-corrected chi connectivity index (χ4v) is 3.89. The van der Waals surface area contributed by atoms with Crippen LogP contribution in [0.3, 0.4) is 0 Å². The van der Waals surface area contributed by atoms with Gasteiger partial charge in [-0.05, 0) is 54.2 Å². The number of rotatable bonds is 5. The molecule has 0 atom stereocenters. The Bertz CT molecular complexity index is 900. The van der Waals surface area contributed by atoms with Gasteiger partial charge in [0.25, 0.3) is 0 Å². The standard InChI is InChI=1S/C20H23NO5S/c1-27(24,25)19-7-5-15(6-8-19)14-26-18-4-2-3-17(13-18)16-9-11-21(12-10-16)20(22)23/h2-8,13,16H,9-12,14H2,1H3,(H,22,23). The SMILES string of the molecule is CS(=O)(=O)c1ccc(COc2cccc(C3CCN(C(=O)O)CC3)c2)cc1. The molecule has 1 N–H and O–H groups in total. The van der Waals surface area contributed by atoms with Gasteiger partial charge in [-0.1, -0.05) is 24.3 Å². The second-order valence-corrected chi connectivity index (χ2v) is 8.84. The Labute approximate surface area is 159 Å². The first-order valence-electron chi connectivity index (χ1n) is 8.82. The zero-order valence-corrected chi connectivity index (χ0v) is 16.0. The van der Waals surface area contributed by atoms with E-state index in [9.17, 15) is 13.2 Å². The summed E-state index contributed by atoms with van der Waals surface area (Å²) in [6, 6.07) is 14.6. The van der Waals surface area contributed by atoms with Crippen molar-refractivity contribution in [3.63, 3.8) is 0 Å². The molecule has 2 aromatic carbocycles. The maximum atomic E-state index is 11.5. The summed E-state index contributed by atoms with van der Waals surface area (Å²) in [6.07, 6.45) is 1.95. The average molecular weight is 389 g/mol. The molecule has 6 nitrogen and oxygen atoms in total. The smallest absolute Gasteiger partial charge is 0.407 e. The van der Waals surface area contributed by atoms with E-state index in [0.717, 1.165) is 29.7 Å². The summed E-state index contributed by atoms with van der Waals surface area (Å²) in [5.74, 6) is 1.08. The van der Waals surface area contributed by atoms with Crippen LogP contribution in [0, 0.1) is 0 Å². The number of benzene rings is 2. The van der Waals surface area contributed by atoms with Gasteiger partial charge in [-0.25, -0.2) is 13.2 Å². The van der Waals surface area contributed by atoms with E-state index in [4.69, 9.17) is 9.84 Å². The van der Waals surface area contributed by atoms with Crippen molar-refractivity contribution < 1.29 is 23.1 Å². The highest BCUT2D eigenvalue weighted by Gasteiger charge is 2.23. The lowest BCUT2D eigenvalue weighted by atomic mass is 9.89. The quantitative estimate of drug-likeness (QED) is 0.846. The van der Waals surface area contributed by atoms with Crippen LogP contribution in [-0.4, -0.2) is 43.9 Å². The molecular formula is C20H23NO5S. The Hall–Kier alpha value is -2.54. The summed E-state index contributed by atoms with van der Waals surface area (Å²) >= 11 is 0. The van der Waals surface area contributed by atoms with Crippen molar-refractivity contribution in [3.8, 4) is 5.75 Å². The van der Waals surface area contributed by atoms with Crippen LogP contribution in [0.25, 0.3) is 0 Å². The van der Waals surface area contributed by atoms with E-state index in [1.165, 1.54) is 11.2 Å². The topological polar surface area (TPSA) is 83.9 Å². The lowest BCUT2D eigenvalue weighted by Gasteiger charge is -2.30. The summed E-state index contributed by atoms with van der Waals surface area (Å²) in [5, 5.41) is 9.05. The zero-order chi connectivity index (χ0) is 19.4. The van der Waals surface area contributed by atoms with Crippen molar-refractivity contribution in [2.24, 2.45) is 0 Å². The molecule has 1 aliphatic rings. The molecule has 27 heavy (non-hydrogen) atoms. The molecule has 0 aliphatic carbocycles. The van der Waals surface area contributed by atoms with Crippen LogP contribution < -0.4 is 4.74 Å². The highest BCUT2D eigenvalue weighted by molar-refractivity contribution is 7.90. The monoisotopic (exact) mass is 389 g/mol. The molecule has 7 heteroatoms. The third kappa shape index (κ3) is 5.01. The van der Waals surface area contributed by atoms with Crippen LogP contribution in [0.4, 0.5) is 4.79 Å². The largest absolute Gasteiger partial charge is 0.489 e. The van der Waals surface area contributed by atoms with Gasteiger partial charge < -0.3 is 14.7 Å². The zero-order valence-electron chi connectivity index (χ0n) is 15.2. The molecule has 1 fully saturated rings. The van der Waals surface area contributed by atoms with Gasteiger partial charge in [0.15, 0.2) is 9.84 Å². The van der Waals surface area contributed by atoms with E-state index >= 15 is 0 Å². The molecule has 0 aromatic heterocycles. The van der Waals surface area contributed by atoms with Crippen molar-refractivity contribution in [3.05, 3.63) is 59.7 Å². The minimum absolute atomic E-state index is 0.293. The highest BCUT2D eigenvalue weighted by atomic mass is 32.2. The van der Waals surface area contributed by atoms with Crippen molar-refractivity contribution in [2.45, 2.75) is 30.3 Å². The van der Waals surface area contributed by atoms with Crippen LogP contribution in [0.2, 0.25) is 0 Å². The highest BCUT2D eigenvalue weighted by Crippen LogP contribution is 2.30. The summed E-state index contributed by atoms with van der Waals surface area (Å²) in [5.41, 5.74) is 2.05. The average Bonchev–Trinajstić information content (AvgIpc) is 2.66. The lowest BCUT2D eigenvalue weighted by molar-refractivity contribution is 0.132. The van der Waals surface area contributed by atoms with Gasteiger partial charge in [0.1, 0.15) is 12.4 Å². The van der Waals surface area contributed by atoms with E-state index in [1.54, 1.807) is 24.3 Å². The molecule has 1 aliphatic heterocycles. The maximum absolute atomic E-state index is 11.5. The van der Waals surface area contributed by atoms with Gasteiger partial charge in [0, 0.05) is 19.3 Å². The number of hydrogen-bond donors (Lipinski definition) is 1. The Balaban J connectivity index is 1.60. The molecule has 0 bridgehead atoms. The van der Waals surface area contributed by atoms with Gasteiger partial charge in [-0.2, -0.15) is 0 Å². The fourth-order valence-electron chi connectivity index (χ4n) is 3.26. The first-order valence-corrected chi connectivity index (χ1v) is 10.7. The Kier molecular flexibility index (Phi) is 5.70. The lowest BCUT2D eigenvalue weighted by Crippen LogP contribution is -2.36. The summed E-state index contributed by atoms with van der Waals surface area (Å²) in [7, 11) is -3.20. The second kappa shape index (κ2) is 8.00. The predicted molar refractivity (Wildman–Crippen MR) is 102 cm³/mol. The summed E-state index contributed by atoms with van der Waals surface area (Å²) < 4.78 is 28.9. The van der Waals surface area contributed by atoms with Crippen LogP contribution in [0.1, 0.15) is 29.9 Å². The molecule has 0 saturated carbocycles.